The quantitative estimate of drug-likeness (QED) is 0.553. The van der Waals surface area contributed by atoms with Gasteiger partial charge in [-0.05, 0) is 63.8 Å². The molecule has 3 aromatic rings. The van der Waals surface area contributed by atoms with Gasteiger partial charge in [0.05, 0.1) is 30.0 Å². The summed E-state index contributed by atoms with van der Waals surface area (Å²) in [4.78, 5) is 11.6. The zero-order valence-electron chi connectivity index (χ0n) is 18.0. The fourth-order valence-electron chi connectivity index (χ4n) is 4.86. The third-order valence-electron chi connectivity index (χ3n) is 6.43. The second kappa shape index (κ2) is 8.39. The monoisotopic (exact) mass is 513 g/mol. The van der Waals surface area contributed by atoms with Crippen molar-refractivity contribution in [2.45, 2.75) is 18.6 Å². The lowest BCUT2D eigenvalue weighted by Gasteiger charge is -2.36. The summed E-state index contributed by atoms with van der Waals surface area (Å²) in [6.07, 6.45) is 7.31. The second-order valence-corrected chi connectivity index (χ2v) is 9.92. The minimum Gasteiger partial charge on any atom is -0.379 e. The molecule has 2 N–H and O–H groups in total. The zero-order valence-corrected chi connectivity index (χ0v) is 20.4. The molecule has 1 saturated heterocycles. The average Bonchev–Trinajstić information content (AvgIpc) is 3.16. The molecule has 0 bridgehead atoms. The summed E-state index contributed by atoms with van der Waals surface area (Å²) in [5.74, 6) is 0. The standard InChI is InChI=1S/C24H25BrClN5O/c1-24(32,21-13-28-14-30(21)2)20-10-15-9-17(26)3-4-18(15)23(31-7-5-27-6-8-31)22-19(20)11-16(25)12-29-22/h3-4,9-14,23,27,32H,5-8H2,1-2H3/t23-,24?/m1/s1. The van der Waals surface area contributed by atoms with Crippen LogP contribution in [0.4, 0.5) is 0 Å². The van der Waals surface area contributed by atoms with Crippen molar-refractivity contribution in [3.63, 3.8) is 0 Å². The van der Waals surface area contributed by atoms with Crippen LogP contribution >= 0.6 is 27.5 Å². The number of nitrogens with zero attached hydrogens (tertiary/aromatic N) is 4. The maximum atomic E-state index is 11.9. The minimum atomic E-state index is -1.29. The number of aryl methyl sites for hydroxylation is 1. The van der Waals surface area contributed by atoms with Crippen LogP contribution in [-0.4, -0.2) is 50.7 Å². The Bertz CT molecular complexity index is 1200. The van der Waals surface area contributed by atoms with Crippen LogP contribution in [0.5, 0.6) is 0 Å². The molecule has 0 saturated carbocycles. The molecule has 1 aromatic carbocycles. The normalized spacial score (nSPS) is 20.7. The molecular formula is C24H25BrClN5O. The van der Waals surface area contributed by atoms with Crippen molar-refractivity contribution in [2.24, 2.45) is 7.05 Å². The number of hydrogen-bond acceptors (Lipinski definition) is 5. The smallest absolute Gasteiger partial charge is 0.129 e. The molecule has 166 valence electrons. The summed E-state index contributed by atoms with van der Waals surface area (Å²) in [5.41, 5.74) is 4.17. The number of piperazine rings is 1. The van der Waals surface area contributed by atoms with Gasteiger partial charge < -0.3 is 15.0 Å². The number of imidazole rings is 1. The van der Waals surface area contributed by atoms with E-state index in [4.69, 9.17) is 16.6 Å². The van der Waals surface area contributed by atoms with E-state index in [-0.39, 0.29) is 6.04 Å². The van der Waals surface area contributed by atoms with Gasteiger partial charge >= 0.3 is 0 Å². The molecular weight excluding hydrogens is 490 g/mol. The summed E-state index contributed by atoms with van der Waals surface area (Å²) in [6, 6.07) is 8.03. The zero-order chi connectivity index (χ0) is 22.5. The Morgan fingerprint density at radius 3 is 2.72 bits per heavy atom. The van der Waals surface area contributed by atoms with Crippen LogP contribution in [0.1, 0.15) is 41.0 Å². The number of benzene rings is 1. The van der Waals surface area contributed by atoms with Crippen molar-refractivity contribution in [3.05, 3.63) is 80.6 Å². The van der Waals surface area contributed by atoms with Crippen LogP contribution in [0.25, 0.3) is 11.6 Å². The summed E-state index contributed by atoms with van der Waals surface area (Å²) in [5, 5.41) is 16.0. The second-order valence-electron chi connectivity index (χ2n) is 8.57. The van der Waals surface area contributed by atoms with Gasteiger partial charge in [0.1, 0.15) is 5.60 Å². The molecule has 3 heterocycles. The first-order valence-electron chi connectivity index (χ1n) is 10.7. The average molecular weight is 515 g/mol. The van der Waals surface area contributed by atoms with Crippen LogP contribution in [0.2, 0.25) is 5.02 Å². The van der Waals surface area contributed by atoms with Crippen molar-refractivity contribution in [1.82, 2.24) is 24.8 Å². The Morgan fingerprint density at radius 2 is 2.00 bits per heavy atom. The number of nitrogens with one attached hydrogen (secondary N) is 1. The fourth-order valence-corrected chi connectivity index (χ4v) is 5.37. The fraction of sp³-hybridized carbons (Fsp3) is 0.333. The molecule has 1 unspecified atom stereocenters. The first-order chi connectivity index (χ1) is 15.4. The Balaban J connectivity index is 1.79. The van der Waals surface area contributed by atoms with Gasteiger partial charge in [-0.15, -0.1) is 0 Å². The highest BCUT2D eigenvalue weighted by atomic mass is 79.9. The number of aliphatic hydroxyl groups is 1. The predicted molar refractivity (Wildman–Crippen MR) is 130 cm³/mol. The van der Waals surface area contributed by atoms with E-state index in [9.17, 15) is 5.11 Å². The van der Waals surface area contributed by atoms with E-state index in [0.29, 0.717) is 10.7 Å². The summed E-state index contributed by atoms with van der Waals surface area (Å²) in [7, 11) is 1.89. The van der Waals surface area contributed by atoms with E-state index in [0.717, 1.165) is 58.6 Å². The Kier molecular flexibility index (Phi) is 5.72. The van der Waals surface area contributed by atoms with Gasteiger partial charge in [-0.1, -0.05) is 17.7 Å². The number of halogens is 2. The number of hydrogen-bond donors (Lipinski definition) is 2. The van der Waals surface area contributed by atoms with Crippen LogP contribution in [-0.2, 0) is 12.6 Å². The summed E-state index contributed by atoms with van der Waals surface area (Å²) < 4.78 is 2.72. The predicted octanol–water partition coefficient (Wildman–Crippen LogP) is 3.99. The number of rotatable bonds is 3. The van der Waals surface area contributed by atoms with Gasteiger partial charge in [-0.2, -0.15) is 0 Å². The molecule has 0 radical (unpaired) electrons. The first kappa shape index (κ1) is 21.8. The molecule has 2 aliphatic rings. The van der Waals surface area contributed by atoms with E-state index in [1.807, 2.05) is 36.9 Å². The Hall–Kier alpha value is -2.03. The van der Waals surface area contributed by atoms with E-state index in [1.165, 1.54) is 0 Å². The van der Waals surface area contributed by atoms with Crippen molar-refractivity contribution >= 4 is 39.2 Å². The van der Waals surface area contributed by atoms with E-state index in [2.05, 4.69) is 49.3 Å². The SMILES string of the molecule is Cn1cncc1C(C)(O)C1=Cc2cc(Cl)ccc2[C@@H](N2CCNCC2)c2ncc(Br)cc21. The Labute approximate surface area is 201 Å². The molecule has 1 aliphatic carbocycles. The molecule has 6 nitrogen and oxygen atoms in total. The van der Waals surface area contributed by atoms with Crippen molar-refractivity contribution in [3.8, 4) is 0 Å². The third kappa shape index (κ3) is 3.72. The lowest BCUT2D eigenvalue weighted by molar-refractivity contribution is 0.114. The summed E-state index contributed by atoms with van der Waals surface area (Å²) >= 11 is 10.0. The summed E-state index contributed by atoms with van der Waals surface area (Å²) in [6.45, 7) is 5.50. The van der Waals surface area contributed by atoms with Crippen molar-refractivity contribution in [1.29, 1.82) is 0 Å². The highest BCUT2D eigenvalue weighted by molar-refractivity contribution is 9.10. The van der Waals surface area contributed by atoms with Gasteiger partial charge in [0, 0.05) is 54.5 Å². The first-order valence-corrected chi connectivity index (χ1v) is 11.8. The van der Waals surface area contributed by atoms with Crippen LogP contribution in [0.3, 0.4) is 0 Å². The van der Waals surface area contributed by atoms with E-state index in [1.54, 1.807) is 12.5 Å². The number of fused-ring (bicyclic) bond motifs is 2. The third-order valence-corrected chi connectivity index (χ3v) is 7.10. The number of pyridine rings is 1. The van der Waals surface area contributed by atoms with Gasteiger partial charge in [-0.25, -0.2) is 4.98 Å². The van der Waals surface area contributed by atoms with Gasteiger partial charge in [0.25, 0.3) is 0 Å². The van der Waals surface area contributed by atoms with E-state index >= 15 is 0 Å². The maximum absolute atomic E-state index is 11.9. The minimum absolute atomic E-state index is 0.0384. The molecule has 8 heteroatoms. The molecule has 5 rings (SSSR count). The largest absolute Gasteiger partial charge is 0.379 e. The van der Waals surface area contributed by atoms with Crippen molar-refractivity contribution in [2.75, 3.05) is 26.2 Å². The van der Waals surface area contributed by atoms with Crippen LogP contribution in [0, 0.1) is 0 Å². The van der Waals surface area contributed by atoms with Gasteiger partial charge in [-0.3, -0.25) is 9.88 Å². The molecule has 2 aromatic heterocycles. The van der Waals surface area contributed by atoms with Crippen molar-refractivity contribution < 1.29 is 5.11 Å². The van der Waals surface area contributed by atoms with E-state index < -0.39 is 5.60 Å². The molecule has 1 aliphatic heterocycles. The Morgan fingerprint density at radius 1 is 1.22 bits per heavy atom. The lowest BCUT2D eigenvalue weighted by Crippen LogP contribution is -2.45. The molecule has 0 amide bonds. The highest BCUT2D eigenvalue weighted by Crippen LogP contribution is 2.46. The van der Waals surface area contributed by atoms with Crippen LogP contribution < -0.4 is 5.32 Å². The lowest BCUT2D eigenvalue weighted by atomic mass is 9.85. The van der Waals surface area contributed by atoms with Gasteiger partial charge in [0.2, 0.25) is 0 Å². The molecule has 1 fully saturated rings. The molecule has 0 spiro atoms. The maximum Gasteiger partial charge on any atom is 0.129 e. The van der Waals surface area contributed by atoms with Crippen LogP contribution in [0.15, 0.2) is 47.5 Å². The molecule has 32 heavy (non-hydrogen) atoms. The molecule has 2 atom stereocenters. The highest BCUT2D eigenvalue weighted by Gasteiger charge is 2.38. The topological polar surface area (TPSA) is 66.2 Å². The van der Waals surface area contributed by atoms with Gasteiger partial charge in [0.15, 0.2) is 0 Å². The number of aromatic nitrogens is 3.